The van der Waals surface area contributed by atoms with Crippen LogP contribution in [0.1, 0.15) is 20.8 Å². The van der Waals surface area contributed by atoms with E-state index in [1.165, 1.54) is 0 Å². The zero-order valence-electron chi connectivity index (χ0n) is 15.0. The quantitative estimate of drug-likeness (QED) is 0.780. The van der Waals surface area contributed by atoms with E-state index in [2.05, 4.69) is 4.72 Å². The second-order valence-corrected chi connectivity index (χ2v) is 8.45. The van der Waals surface area contributed by atoms with Crippen LogP contribution in [0, 0.1) is 0 Å². The molecule has 0 heterocycles. The second-order valence-electron chi connectivity index (χ2n) is 6.13. The summed E-state index contributed by atoms with van der Waals surface area (Å²) in [6.45, 7) is 5.35. The molecule has 0 saturated heterocycles. The zero-order chi connectivity index (χ0) is 18.4. The maximum atomic E-state index is 11.8. The molecule has 0 aliphatic carbocycles. The minimum Gasteiger partial charge on any atom is -0.497 e. The maximum Gasteiger partial charge on any atom is 0.214 e. The number of hydrogen-bond acceptors (Lipinski definition) is 4. The van der Waals surface area contributed by atoms with E-state index in [-0.39, 0.29) is 12.6 Å². The van der Waals surface area contributed by atoms with Crippen molar-refractivity contribution in [3.8, 4) is 22.6 Å². The highest BCUT2D eigenvalue weighted by Crippen LogP contribution is 2.25. The Kier molecular flexibility index (Phi) is 6.45. The standard InChI is InChI=1S/C19H25NO4S/c1-14(2)25(21,22)20-13-15(3)24-18-10-8-16(9-11-18)17-6-5-7-19(12-17)23-4/h5-12,14-15,20H,13H2,1-4H3. The van der Waals surface area contributed by atoms with Crippen molar-refractivity contribution in [3.05, 3.63) is 48.5 Å². The molecule has 1 N–H and O–H groups in total. The lowest BCUT2D eigenvalue weighted by Crippen LogP contribution is -2.37. The van der Waals surface area contributed by atoms with Gasteiger partial charge in [-0.3, -0.25) is 0 Å². The van der Waals surface area contributed by atoms with Crippen molar-refractivity contribution in [1.82, 2.24) is 4.72 Å². The molecular formula is C19H25NO4S. The molecule has 0 aliphatic rings. The van der Waals surface area contributed by atoms with Gasteiger partial charge in [0.15, 0.2) is 0 Å². The van der Waals surface area contributed by atoms with Gasteiger partial charge in [-0.1, -0.05) is 24.3 Å². The van der Waals surface area contributed by atoms with Gasteiger partial charge in [-0.15, -0.1) is 0 Å². The summed E-state index contributed by atoms with van der Waals surface area (Å²) in [5, 5.41) is -0.457. The van der Waals surface area contributed by atoms with E-state index >= 15 is 0 Å². The van der Waals surface area contributed by atoms with Crippen LogP contribution in [0.2, 0.25) is 0 Å². The SMILES string of the molecule is COc1cccc(-c2ccc(OC(C)CNS(=O)(=O)C(C)C)cc2)c1. The van der Waals surface area contributed by atoms with Crippen LogP contribution in [-0.2, 0) is 10.0 Å². The minimum absolute atomic E-state index is 0.234. The fourth-order valence-corrected chi connectivity index (χ4v) is 3.00. The van der Waals surface area contributed by atoms with Crippen LogP contribution in [0.15, 0.2) is 48.5 Å². The Morgan fingerprint density at radius 3 is 2.24 bits per heavy atom. The molecule has 0 amide bonds. The average Bonchev–Trinajstić information content (AvgIpc) is 2.60. The van der Waals surface area contributed by atoms with Gasteiger partial charge in [0, 0.05) is 6.54 Å². The first-order valence-electron chi connectivity index (χ1n) is 8.21. The molecule has 0 aromatic heterocycles. The summed E-state index contributed by atoms with van der Waals surface area (Å²) in [6, 6.07) is 15.5. The normalized spacial score (nSPS) is 12.8. The summed E-state index contributed by atoms with van der Waals surface area (Å²) in [4.78, 5) is 0. The summed E-state index contributed by atoms with van der Waals surface area (Å²) < 4.78 is 37.1. The predicted molar refractivity (Wildman–Crippen MR) is 101 cm³/mol. The van der Waals surface area contributed by atoms with E-state index in [9.17, 15) is 8.42 Å². The van der Waals surface area contributed by atoms with Gasteiger partial charge in [-0.05, 0) is 56.2 Å². The lowest BCUT2D eigenvalue weighted by molar-refractivity contribution is 0.225. The molecule has 136 valence electrons. The third-order valence-electron chi connectivity index (χ3n) is 3.79. The molecular weight excluding hydrogens is 338 g/mol. The number of methoxy groups -OCH3 is 1. The van der Waals surface area contributed by atoms with Gasteiger partial charge >= 0.3 is 0 Å². The van der Waals surface area contributed by atoms with Crippen molar-refractivity contribution < 1.29 is 17.9 Å². The number of ether oxygens (including phenoxy) is 2. The van der Waals surface area contributed by atoms with Gasteiger partial charge in [-0.25, -0.2) is 13.1 Å². The molecule has 0 bridgehead atoms. The third-order valence-corrected chi connectivity index (χ3v) is 5.60. The Bertz CT molecular complexity index is 785. The first kappa shape index (κ1) is 19.3. The van der Waals surface area contributed by atoms with Crippen molar-refractivity contribution in [1.29, 1.82) is 0 Å². The van der Waals surface area contributed by atoms with Crippen LogP contribution >= 0.6 is 0 Å². The Balaban J connectivity index is 1.98. The highest BCUT2D eigenvalue weighted by atomic mass is 32.2. The molecule has 2 aromatic rings. The van der Waals surface area contributed by atoms with Crippen LogP contribution in [-0.4, -0.2) is 33.4 Å². The average molecular weight is 363 g/mol. The number of sulfonamides is 1. The van der Waals surface area contributed by atoms with Gasteiger partial charge in [0.2, 0.25) is 10.0 Å². The Labute approximate surface area is 150 Å². The monoisotopic (exact) mass is 363 g/mol. The summed E-state index contributed by atoms with van der Waals surface area (Å²) >= 11 is 0. The van der Waals surface area contributed by atoms with Crippen molar-refractivity contribution >= 4 is 10.0 Å². The van der Waals surface area contributed by atoms with Crippen molar-refractivity contribution in [2.45, 2.75) is 32.1 Å². The van der Waals surface area contributed by atoms with Crippen LogP contribution in [0.25, 0.3) is 11.1 Å². The molecule has 1 unspecified atom stereocenters. The Hall–Kier alpha value is -2.05. The molecule has 0 spiro atoms. The fourth-order valence-electron chi connectivity index (χ4n) is 2.20. The Morgan fingerprint density at radius 2 is 1.64 bits per heavy atom. The van der Waals surface area contributed by atoms with E-state index < -0.39 is 15.3 Å². The van der Waals surface area contributed by atoms with Gasteiger partial charge < -0.3 is 9.47 Å². The lowest BCUT2D eigenvalue weighted by atomic mass is 10.1. The summed E-state index contributed by atoms with van der Waals surface area (Å²) in [5.74, 6) is 1.51. The molecule has 0 radical (unpaired) electrons. The molecule has 2 rings (SSSR count). The highest BCUT2D eigenvalue weighted by molar-refractivity contribution is 7.90. The number of nitrogens with one attached hydrogen (secondary N) is 1. The van der Waals surface area contributed by atoms with Gasteiger partial charge in [0.05, 0.1) is 12.4 Å². The third kappa shape index (κ3) is 5.47. The molecule has 25 heavy (non-hydrogen) atoms. The summed E-state index contributed by atoms with van der Waals surface area (Å²) in [5.41, 5.74) is 2.11. The molecule has 0 aliphatic heterocycles. The first-order valence-corrected chi connectivity index (χ1v) is 9.76. The van der Waals surface area contributed by atoms with Crippen LogP contribution in [0.4, 0.5) is 0 Å². The van der Waals surface area contributed by atoms with Crippen LogP contribution in [0.3, 0.4) is 0 Å². The number of rotatable bonds is 8. The fraction of sp³-hybridized carbons (Fsp3) is 0.368. The van der Waals surface area contributed by atoms with Gasteiger partial charge in [-0.2, -0.15) is 0 Å². The molecule has 2 aromatic carbocycles. The maximum absolute atomic E-state index is 11.8. The summed E-state index contributed by atoms with van der Waals surface area (Å²) in [6.07, 6.45) is -0.267. The van der Waals surface area contributed by atoms with E-state index in [0.29, 0.717) is 5.75 Å². The molecule has 1 atom stereocenters. The van der Waals surface area contributed by atoms with Crippen molar-refractivity contribution in [2.24, 2.45) is 0 Å². The second kappa shape index (κ2) is 8.36. The molecule has 6 heteroatoms. The minimum atomic E-state index is -3.28. The van der Waals surface area contributed by atoms with Crippen LogP contribution < -0.4 is 14.2 Å². The Morgan fingerprint density at radius 1 is 0.960 bits per heavy atom. The molecule has 0 fully saturated rings. The number of benzene rings is 2. The van der Waals surface area contributed by atoms with E-state index in [1.807, 2.05) is 55.5 Å². The molecule has 5 nitrogen and oxygen atoms in total. The predicted octanol–water partition coefficient (Wildman–Crippen LogP) is 3.46. The van der Waals surface area contributed by atoms with Crippen LogP contribution in [0.5, 0.6) is 11.5 Å². The zero-order valence-corrected chi connectivity index (χ0v) is 15.8. The molecule has 0 saturated carbocycles. The van der Waals surface area contributed by atoms with Gasteiger partial charge in [0.1, 0.15) is 17.6 Å². The van der Waals surface area contributed by atoms with E-state index in [0.717, 1.165) is 16.9 Å². The van der Waals surface area contributed by atoms with E-state index in [4.69, 9.17) is 9.47 Å². The number of hydrogen-bond donors (Lipinski definition) is 1. The topological polar surface area (TPSA) is 64.6 Å². The van der Waals surface area contributed by atoms with Crippen molar-refractivity contribution in [3.63, 3.8) is 0 Å². The highest BCUT2D eigenvalue weighted by Gasteiger charge is 2.16. The van der Waals surface area contributed by atoms with Gasteiger partial charge in [0.25, 0.3) is 0 Å². The summed E-state index contributed by atoms with van der Waals surface area (Å²) in [7, 11) is -1.63. The van der Waals surface area contributed by atoms with E-state index in [1.54, 1.807) is 21.0 Å². The van der Waals surface area contributed by atoms with Crippen molar-refractivity contribution in [2.75, 3.05) is 13.7 Å². The smallest absolute Gasteiger partial charge is 0.214 e. The first-order chi connectivity index (χ1) is 11.8. The lowest BCUT2D eigenvalue weighted by Gasteiger charge is -2.17. The largest absolute Gasteiger partial charge is 0.497 e.